The maximum Gasteiger partial charge on any atom is 0.410 e. The topological polar surface area (TPSA) is 89.7 Å². The molecule has 2 N–H and O–H groups in total. The van der Waals surface area contributed by atoms with Crippen LogP contribution in [0, 0.1) is 5.92 Å². The van der Waals surface area contributed by atoms with Crippen molar-refractivity contribution in [2.75, 3.05) is 12.3 Å². The third kappa shape index (κ3) is 6.52. The minimum Gasteiger partial charge on any atom is -0.444 e. The Hall–Kier alpha value is -0.820. The molecule has 0 aromatic heterocycles. The molecule has 0 aromatic rings. The minimum atomic E-state index is -3.37. The van der Waals surface area contributed by atoms with Crippen molar-refractivity contribution in [3.63, 3.8) is 0 Å². The molecule has 1 aliphatic rings. The van der Waals surface area contributed by atoms with Gasteiger partial charge in [0, 0.05) is 12.1 Å². The number of nitrogens with two attached hydrogens (primary N) is 1. The lowest BCUT2D eigenvalue weighted by molar-refractivity contribution is 0.0131. The maximum absolute atomic E-state index is 12.3. The molecule has 0 saturated carbocycles. The van der Waals surface area contributed by atoms with Crippen molar-refractivity contribution in [3.8, 4) is 0 Å². The first-order valence-electron chi connectivity index (χ1n) is 7.81. The first-order chi connectivity index (χ1) is 9.80. The molecule has 1 aliphatic heterocycles. The highest BCUT2D eigenvalue weighted by molar-refractivity contribution is 7.89. The van der Waals surface area contributed by atoms with E-state index in [9.17, 15) is 13.2 Å². The molecule has 1 rings (SSSR count). The van der Waals surface area contributed by atoms with Crippen molar-refractivity contribution in [1.29, 1.82) is 0 Å². The largest absolute Gasteiger partial charge is 0.444 e. The summed E-state index contributed by atoms with van der Waals surface area (Å²) in [4.78, 5) is 14.1. The van der Waals surface area contributed by atoms with Crippen molar-refractivity contribution in [2.45, 2.75) is 71.4 Å². The molecule has 0 aromatic carbocycles. The van der Waals surface area contributed by atoms with Gasteiger partial charge in [0.2, 0.25) is 10.0 Å². The van der Waals surface area contributed by atoms with Gasteiger partial charge in [-0.2, -0.15) is 0 Å². The van der Waals surface area contributed by atoms with Crippen molar-refractivity contribution < 1.29 is 17.9 Å². The van der Waals surface area contributed by atoms with Crippen molar-refractivity contribution >= 4 is 16.1 Å². The number of carbonyl (C=O) groups is 1. The Labute approximate surface area is 134 Å². The second-order valence-electron chi connectivity index (χ2n) is 7.84. The van der Waals surface area contributed by atoms with Gasteiger partial charge < -0.3 is 9.64 Å². The zero-order valence-corrected chi connectivity index (χ0v) is 15.2. The van der Waals surface area contributed by atoms with Crippen LogP contribution in [0.5, 0.6) is 0 Å². The Balaban J connectivity index is 2.50. The van der Waals surface area contributed by atoms with Crippen LogP contribution in [-0.4, -0.2) is 42.8 Å². The molecule has 130 valence electrons. The van der Waals surface area contributed by atoms with E-state index in [1.54, 1.807) is 4.90 Å². The monoisotopic (exact) mass is 334 g/mol. The molecular weight excluding hydrogens is 304 g/mol. The van der Waals surface area contributed by atoms with Crippen LogP contribution < -0.4 is 5.14 Å². The number of hydrogen-bond acceptors (Lipinski definition) is 4. The third-order valence-electron chi connectivity index (χ3n) is 3.86. The number of unbranched alkanes of at least 4 members (excludes halogenated alkanes) is 1. The van der Waals surface area contributed by atoms with Crippen LogP contribution in [0.4, 0.5) is 4.79 Å². The van der Waals surface area contributed by atoms with Gasteiger partial charge >= 0.3 is 6.09 Å². The number of hydrogen-bond donors (Lipinski definition) is 1. The normalized spacial score (nSPS) is 21.9. The number of amides is 1. The molecule has 1 saturated heterocycles. The second-order valence-corrected chi connectivity index (χ2v) is 9.57. The van der Waals surface area contributed by atoms with Crippen LogP contribution in [0.1, 0.15) is 60.3 Å². The summed E-state index contributed by atoms with van der Waals surface area (Å²) >= 11 is 0. The fourth-order valence-electron chi connectivity index (χ4n) is 2.95. The summed E-state index contributed by atoms with van der Waals surface area (Å²) in [5.74, 6) is 0.404. The predicted molar refractivity (Wildman–Crippen MR) is 87.0 cm³/mol. The predicted octanol–water partition coefficient (Wildman–Crippen LogP) is 2.48. The average molecular weight is 334 g/mol. The van der Waals surface area contributed by atoms with E-state index in [0.717, 1.165) is 19.3 Å². The maximum atomic E-state index is 12.3. The van der Waals surface area contributed by atoms with E-state index in [2.05, 4.69) is 0 Å². The molecule has 1 amide bonds. The van der Waals surface area contributed by atoms with Crippen LogP contribution in [0.25, 0.3) is 0 Å². The Morgan fingerprint density at radius 3 is 2.41 bits per heavy atom. The summed E-state index contributed by atoms with van der Waals surface area (Å²) in [6.45, 7) is 10.3. The molecule has 22 heavy (non-hydrogen) atoms. The second kappa shape index (κ2) is 6.74. The molecule has 1 heterocycles. The van der Waals surface area contributed by atoms with Gasteiger partial charge in [0.05, 0.1) is 5.75 Å². The van der Waals surface area contributed by atoms with Gasteiger partial charge in [-0.25, -0.2) is 18.4 Å². The zero-order chi connectivity index (χ0) is 17.2. The molecule has 1 unspecified atom stereocenters. The van der Waals surface area contributed by atoms with Crippen LogP contribution in [0.3, 0.4) is 0 Å². The molecule has 7 heteroatoms. The van der Waals surface area contributed by atoms with Crippen molar-refractivity contribution in [2.24, 2.45) is 11.1 Å². The number of likely N-dealkylation sites (tertiary alicyclic amines) is 1. The van der Waals surface area contributed by atoms with Crippen LogP contribution in [0.2, 0.25) is 0 Å². The summed E-state index contributed by atoms with van der Waals surface area (Å²) in [5.41, 5.74) is -0.728. The van der Waals surface area contributed by atoms with Gasteiger partial charge in [-0.3, -0.25) is 0 Å². The van der Waals surface area contributed by atoms with E-state index < -0.39 is 15.6 Å². The van der Waals surface area contributed by atoms with Crippen LogP contribution in [-0.2, 0) is 14.8 Å². The van der Waals surface area contributed by atoms with Gasteiger partial charge in [0.15, 0.2) is 0 Å². The number of rotatable bonds is 5. The Morgan fingerprint density at radius 2 is 1.91 bits per heavy atom. The first-order valence-corrected chi connectivity index (χ1v) is 9.53. The average Bonchev–Trinajstić information content (AvgIpc) is 2.56. The number of sulfonamides is 1. The summed E-state index contributed by atoms with van der Waals surface area (Å²) in [6.07, 6.45) is 2.91. The number of primary sulfonamides is 1. The minimum absolute atomic E-state index is 0.0267. The fourth-order valence-corrected chi connectivity index (χ4v) is 3.56. The summed E-state index contributed by atoms with van der Waals surface area (Å²) in [5, 5.41) is 5.00. The van der Waals surface area contributed by atoms with Crippen molar-refractivity contribution in [1.82, 2.24) is 4.90 Å². The molecular formula is C15H30N2O4S. The van der Waals surface area contributed by atoms with Crippen LogP contribution >= 0.6 is 0 Å². The SMILES string of the molecule is CC(C)(C)OC(=O)N1CC(CCCCS(N)(=O)=O)CC1(C)C. The van der Waals surface area contributed by atoms with E-state index in [4.69, 9.17) is 9.88 Å². The van der Waals surface area contributed by atoms with E-state index >= 15 is 0 Å². The van der Waals surface area contributed by atoms with E-state index in [1.807, 2.05) is 34.6 Å². The standard InChI is InChI=1S/C15H30N2O4S/c1-14(2,3)21-13(18)17-11-12(10-15(17,4)5)8-6-7-9-22(16,19)20/h12H,6-11H2,1-5H3,(H2,16,19,20). The molecule has 0 bridgehead atoms. The van der Waals surface area contributed by atoms with Gasteiger partial charge in [0.1, 0.15) is 5.60 Å². The van der Waals surface area contributed by atoms with E-state index in [-0.39, 0.29) is 17.4 Å². The Kier molecular flexibility index (Phi) is 5.89. The number of nitrogens with zero attached hydrogens (tertiary/aromatic N) is 1. The third-order valence-corrected chi connectivity index (χ3v) is 4.72. The molecule has 6 nitrogen and oxygen atoms in total. The first kappa shape index (κ1) is 19.2. The molecule has 1 atom stereocenters. The van der Waals surface area contributed by atoms with Gasteiger partial charge in [-0.15, -0.1) is 0 Å². The fraction of sp³-hybridized carbons (Fsp3) is 0.933. The lowest BCUT2D eigenvalue weighted by Crippen LogP contribution is -2.45. The zero-order valence-electron chi connectivity index (χ0n) is 14.4. The number of carbonyl (C=O) groups excluding carboxylic acids is 1. The highest BCUT2D eigenvalue weighted by Crippen LogP contribution is 2.36. The highest BCUT2D eigenvalue weighted by Gasteiger charge is 2.42. The Bertz CT molecular complexity index is 494. The summed E-state index contributed by atoms with van der Waals surface area (Å²) in [7, 11) is -3.37. The smallest absolute Gasteiger partial charge is 0.410 e. The van der Waals surface area contributed by atoms with Crippen LogP contribution in [0.15, 0.2) is 0 Å². The number of ether oxygens (including phenoxy) is 1. The van der Waals surface area contributed by atoms with E-state index in [0.29, 0.717) is 18.9 Å². The quantitative estimate of drug-likeness (QED) is 0.782. The molecule has 1 fully saturated rings. The summed E-state index contributed by atoms with van der Waals surface area (Å²) in [6, 6.07) is 0. The Morgan fingerprint density at radius 1 is 1.32 bits per heavy atom. The summed E-state index contributed by atoms with van der Waals surface area (Å²) < 4.78 is 27.3. The lowest BCUT2D eigenvalue weighted by Gasteiger charge is -2.33. The molecule has 0 spiro atoms. The molecule has 0 radical (unpaired) electrons. The van der Waals surface area contributed by atoms with Gasteiger partial charge in [-0.05, 0) is 59.8 Å². The highest BCUT2D eigenvalue weighted by atomic mass is 32.2. The van der Waals surface area contributed by atoms with Gasteiger partial charge in [-0.1, -0.05) is 6.42 Å². The lowest BCUT2D eigenvalue weighted by atomic mass is 9.93. The van der Waals surface area contributed by atoms with Gasteiger partial charge in [0.25, 0.3) is 0 Å². The van der Waals surface area contributed by atoms with Crippen molar-refractivity contribution in [3.05, 3.63) is 0 Å². The molecule has 0 aliphatic carbocycles. The van der Waals surface area contributed by atoms with E-state index in [1.165, 1.54) is 0 Å².